The lowest BCUT2D eigenvalue weighted by Crippen LogP contribution is -2.62. The lowest BCUT2D eigenvalue weighted by atomic mass is 9.52. The van der Waals surface area contributed by atoms with Crippen molar-refractivity contribution < 1.29 is 18.8 Å². The van der Waals surface area contributed by atoms with Crippen molar-refractivity contribution in [2.24, 2.45) is 17.8 Å². The normalized spacial score (nSPS) is 34.5. The summed E-state index contributed by atoms with van der Waals surface area (Å²) in [5.41, 5.74) is -0.916. The van der Waals surface area contributed by atoms with Crippen molar-refractivity contribution in [2.75, 3.05) is 13.6 Å². The Bertz CT molecular complexity index is 913. The monoisotopic (exact) mass is 453 g/mol. The highest BCUT2D eigenvalue weighted by atomic mass is 16.3. The number of amides is 4. The first-order valence-electron chi connectivity index (χ1n) is 12.8. The van der Waals surface area contributed by atoms with Crippen LogP contribution < -0.4 is 0 Å². The molecule has 1 aromatic rings. The van der Waals surface area contributed by atoms with Crippen molar-refractivity contribution >= 4 is 17.8 Å². The first kappa shape index (κ1) is 21.2. The van der Waals surface area contributed by atoms with E-state index < -0.39 is 5.54 Å². The van der Waals surface area contributed by atoms with Crippen molar-refractivity contribution in [3.63, 3.8) is 0 Å². The van der Waals surface area contributed by atoms with Crippen molar-refractivity contribution in [3.8, 4) is 0 Å². The van der Waals surface area contributed by atoms with Crippen molar-refractivity contribution in [1.29, 1.82) is 0 Å². The molecule has 0 aromatic carbocycles. The largest absolute Gasteiger partial charge is 0.467 e. The summed E-state index contributed by atoms with van der Waals surface area (Å²) in [4.78, 5) is 45.4. The molecule has 7 heteroatoms. The third-order valence-electron chi connectivity index (χ3n) is 9.55. The van der Waals surface area contributed by atoms with E-state index in [4.69, 9.17) is 4.42 Å². The molecule has 7 rings (SSSR count). The van der Waals surface area contributed by atoms with Crippen LogP contribution in [0.15, 0.2) is 22.8 Å². The molecule has 178 valence electrons. The summed E-state index contributed by atoms with van der Waals surface area (Å²) in [5, 5.41) is 0. The topological polar surface area (TPSA) is 74.1 Å². The molecule has 1 spiro atoms. The van der Waals surface area contributed by atoms with E-state index in [0.717, 1.165) is 44.3 Å². The number of carbonyl (C=O) groups is 3. The number of carbonyl (C=O) groups excluding carboxylic acids is 3. The SMILES string of the molecule is CN1C(=O)N(CC(=O)N(Cc2ccco2)C23CC4CC(CC(C4)C2)C3)C(=O)C12CCCCC2. The first-order valence-corrected chi connectivity index (χ1v) is 12.8. The summed E-state index contributed by atoms with van der Waals surface area (Å²) in [5.74, 6) is 2.54. The Labute approximate surface area is 195 Å². The van der Waals surface area contributed by atoms with Gasteiger partial charge >= 0.3 is 6.03 Å². The maximum absolute atomic E-state index is 13.9. The molecule has 0 radical (unpaired) electrons. The Hall–Kier alpha value is -2.31. The Kier molecular flexibility index (Phi) is 4.89. The van der Waals surface area contributed by atoms with Crippen LogP contribution in [0, 0.1) is 17.8 Å². The van der Waals surface area contributed by atoms with Gasteiger partial charge in [-0.15, -0.1) is 0 Å². The van der Waals surface area contributed by atoms with Crippen LogP contribution in [0.1, 0.15) is 76.4 Å². The van der Waals surface area contributed by atoms with Crippen LogP contribution in [-0.4, -0.2) is 57.2 Å². The molecule has 33 heavy (non-hydrogen) atoms. The lowest BCUT2D eigenvalue weighted by molar-refractivity contribution is -0.155. The minimum atomic E-state index is -0.748. The smallest absolute Gasteiger partial charge is 0.327 e. The van der Waals surface area contributed by atoms with Gasteiger partial charge in [0.15, 0.2) is 0 Å². The Morgan fingerprint density at radius 3 is 2.27 bits per heavy atom. The van der Waals surface area contributed by atoms with Crippen LogP contribution in [0.3, 0.4) is 0 Å². The first-order chi connectivity index (χ1) is 15.9. The number of urea groups is 1. The molecule has 0 N–H and O–H groups in total. The number of hydrogen-bond acceptors (Lipinski definition) is 4. The molecule has 4 bridgehead atoms. The molecule has 2 heterocycles. The average Bonchev–Trinajstić information content (AvgIpc) is 3.37. The van der Waals surface area contributed by atoms with Crippen LogP contribution in [0.5, 0.6) is 0 Å². The molecule has 1 aromatic heterocycles. The summed E-state index contributed by atoms with van der Waals surface area (Å²) >= 11 is 0. The van der Waals surface area contributed by atoms with Gasteiger partial charge in [0.05, 0.1) is 12.8 Å². The zero-order valence-electron chi connectivity index (χ0n) is 19.6. The number of nitrogens with zero attached hydrogens (tertiary/aromatic N) is 3. The molecule has 0 atom stereocenters. The maximum atomic E-state index is 13.9. The van der Waals surface area contributed by atoms with Crippen LogP contribution in [0.25, 0.3) is 0 Å². The van der Waals surface area contributed by atoms with Gasteiger partial charge in [-0.25, -0.2) is 4.79 Å². The van der Waals surface area contributed by atoms with Gasteiger partial charge in [-0.3, -0.25) is 14.5 Å². The average molecular weight is 454 g/mol. The number of furan rings is 1. The van der Waals surface area contributed by atoms with Crippen LogP contribution in [0.4, 0.5) is 4.79 Å². The minimum absolute atomic E-state index is 0.115. The molecular formula is C26H35N3O4. The Balaban J connectivity index is 1.28. The van der Waals surface area contributed by atoms with Crippen LogP contribution in [-0.2, 0) is 16.1 Å². The molecule has 0 unspecified atom stereocenters. The fraction of sp³-hybridized carbons (Fsp3) is 0.731. The highest BCUT2D eigenvalue weighted by molar-refractivity contribution is 6.09. The highest BCUT2D eigenvalue weighted by Gasteiger charge is 2.58. The van der Waals surface area contributed by atoms with Crippen LogP contribution in [0.2, 0.25) is 0 Å². The van der Waals surface area contributed by atoms with Crippen molar-refractivity contribution in [1.82, 2.24) is 14.7 Å². The molecule has 6 aliphatic rings. The number of imide groups is 1. The number of likely N-dealkylation sites (N-methyl/N-ethyl adjacent to an activating group) is 1. The molecule has 5 saturated carbocycles. The predicted molar refractivity (Wildman–Crippen MR) is 121 cm³/mol. The molecule has 5 aliphatic carbocycles. The molecule has 1 saturated heterocycles. The van der Waals surface area contributed by atoms with E-state index in [1.54, 1.807) is 18.2 Å². The molecule has 6 fully saturated rings. The van der Waals surface area contributed by atoms with Crippen molar-refractivity contribution in [2.45, 2.75) is 88.3 Å². The predicted octanol–water partition coefficient (Wildman–Crippen LogP) is 4.17. The molecule has 1 aliphatic heterocycles. The van der Waals surface area contributed by atoms with Gasteiger partial charge in [0.1, 0.15) is 17.8 Å². The second-order valence-corrected chi connectivity index (χ2v) is 11.5. The van der Waals surface area contributed by atoms with E-state index in [2.05, 4.69) is 0 Å². The summed E-state index contributed by atoms with van der Waals surface area (Å²) in [7, 11) is 1.73. The summed E-state index contributed by atoms with van der Waals surface area (Å²) in [6, 6.07) is 3.45. The third-order valence-corrected chi connectivity index (χ3v) is 9.55. The zero-order chi connectivity index (χ0) is 22.8. The van der Waals surface area contributed by atoms with Gasteiger partial charge in [0.25, 0.3) is 5.91 Å². The third kappa shape index (κ3) is 3.25. The van der Waals surface area contributed by atoms with Gasteiger partial charge in [0.2, 0.25) is 5.91 Å². The van der Waals surface area contributed by atoms with Crippen molar-refractivity contribution in [3.05, 3.63) is 24.2 Å². The van der Waals surface area contributed by atoms with Gasteiger partial charge in [-0.1, -0.05) is 19.3 Å². The van der Waals surface area contributed by atoms with E-state index in [0.29, 0.717) is 37.1 Å². The van der Waals surface area contributed by atoms with Gasteiger partial charge in [-0.2, -0.15) is 0 Å². The molecule has 4 amide bonds. The van der Waals surface area contributed by atoms with E-state index >= 15 is 0 Å². The van der Waals surface area contributed by atoms with E-state index in [1.165, 1.54) is 24.2 Å². The Morgan fingerprint density at radius 2 is 1.70 bits per heavy atom. The minimum Gasteiger partial charge on any atom is -0.467 e. The Morgan fingerprint density at radius 1 is 1.06 bits per heavy atom. The standard InChI is InChI=1S/C26H35N3O4/c1-27-24(32)28(23(31)26(27)7-3-2-4-8-26)17-22(30)29(16-21-6-5-9-33-21)25-13-18-10-19(14-25)12-20(11-18)15-25/h5-6,9,18-20H,2-4,7-8,10-17H2,1H3. The second-order valence-electron chi connectivity index (χ2n) is 11.5. The van der Waals surface area contributed by atoms with Gasteiger partial charge in [0, 0.05) is 12.6 Å². The highest BCUT2D eigenvalue weighted by Crippen LogP contribution is 2.58. The maximum Gasteiger partial charge on any atom is 0.327 e. The fourth-order valence-electron chi connectivity index (χ4n) is 8.37. The molecular weight excluding hydrogens is 418 g/mol. The van der Waals surface area contributed by atoms with E-state index in [-0.39, 0.29) is 29.9 Å². The van der Waals surface area contributed by atoms with Crippen LogP contribution >= 0.6 is 0 Å². The second kappa shape index (κ2) is 7.60. The van der Waals surface area contributed by atoms with E-state index in [9.17, 15) is 14.4 Å². The fourth-order valence-corrected chi connectivity index (χ4v) is 8.37. The number of rotatable bonds is 5. The summed E-state index contributed by atoms with van der Waals surface area (Å²) in [6.07, 6.45) is 13.0. The number of hydrogen-bond donors (Lipinski definition) is 0. The van der Waals surface area contributed by atoms with Gasteiger partial charge < -0.3 is 14.2 Å². The molecule has 7 nitrogen and oxygen atoms in total. The lowest BCUT2D eigenvalue weighted by Gasteiger charge is -2.60. The zero-order valence-corrected chi connectivity index (χ0v) is 19.6. The van der Waals surface area contributed by atoms with Gasteiger partial charge in [-0.05, 0) is 81.3 Å². The summed E-state index contributed by atoms with van der Waals surface area (Å²) in [6.45, 7) is 0.251. The van der Waals surface area contributed by atoms with E-state index in [1.807, 2.05) is 17.0 Å². The summed E-state index contributed by atoms with van der Waals surface area (Å²) < 4.78 is 5.65. The quantitative estimate of drug-likeness (QED) is 0.627.